The van der Waals surface area contributed by atoms with Crippen molar-refractivity contribution in [1.29, 1.82) is 0 Å². The summed E-state index contributed by atoms with van der Waals surface area (Å²) in [6.45, 7) is 0. The first-order valence-electron chi connectivity index (χ1n) is 4.90. The van der Waals surface area contributed by atoms with Crippen LogP contribution in [0.5, 0.6) is 0 Å². The van der Waals surface area contributed by atoms with Crippen molar-refractivity contribution in [3.63, 3.8) is 0 Å². The Morgan fingerprint density at radius 2 is 1.94 bits per heavy atom. The van der Waals surface area contributed by atoms with Crippen LogP contribution >= 0.6 is 23.2 Å². The molecule has 0 unspecified atom stereocenters. The predicted molar refractivity (Wildman–Crippen MR) is 66.9 cm³/mol. The van der Waals surface area contributed by atoms with Gasteiger partial charge in [0.1, 0.15) is 0 Å². The van der Waals surface area contributed by atoms with Crippen LogP contribution in [0.1, 0.15) is 11.3 Å². The van der Waals surface area contributed by atoms with Crippen LogP contribution in [0.15, 0.2) is 24.3 Å². The maximum Gasteiger partial charge on any atom is 0.199 e. The number of aromatic amines is 1. The highest BCUT2D eigenvalue weighted by molar-refractivity contribution is 6.31. The number of anilines is 1. The zero-order chi connectivity index (χ0) is 11.5. The average Bonchev–Trinajstić information content (AvgIpc) is 2.56. The third-order valence-electron chi connectivity index (χ3n) is 2.35. The van der Waals surface area contributed by atoms with E-state index in [1.165, 1.54) is 0 Å². The lowest BCUT2D eigenvalue weighted by molar-refractivity contribution is 0.927. The van der Waals surface area contributed by atoms with Crippen LogP contribution in [-0.4, -0.2) is 9.97 Å². The fourth-order valence-electron chi connectivity index (χ4n) is 1.53. The van der Waals surface area contributed by atoms with Gasteiger partial charge in [0.25, 0.3) is 0 Å². The number of hydrogen-bond acceptors (Lipinski definition) is 2. The highest BCUT2D eigenvalue weighted by Gasteiger charge is 2.07. The Hall–Kier alpha value is -1.19. The second kappa shape index (κ2) is 4.76. The second-order valence-corrected chi connectivity index (χ2v) is 4.25. The first-order valence-corrected chi connectivity index (χ1v) is 5.65. The van der Waals surface area contributed by atoms with E-state index in [1.54, 1.807) is 0 Å². The Kier molecular flexibility index (Phi) is 3.36. The molecule has 0 aliphatic carbocycles. The number of aryl methyl sites for hydroxylation is 2. The lowest BCUT2D eigenvalue weighted by Crippen LogP contribution is -1.94. The minimum Gasteiger partial charge on any atom is -0.369 e. The maximum atomic E-state index is 6.05. The molecule has 1 aromatic carbocycles. The first-order chi connectivity index (χ1) is 7.66. The van der Waals surface area contributed by atoms with E-state index in [-0.39, 0.29) is 0 Å². The molecule has 1 aromatic heterocycles. The SMILES string of the molecule is Nc1nc(Cl)c(CCc2ccccc2Cl)[nH]1. The Labute approximate surface area is 104 Å². The summed E-state index contributed by atoms with van der Waals surface area (Å²) >= 11 is 11.9. The number of nitrogen functional groups attached to an aromatic ring is 1. The van der Waals surface area contributed by atoms with E-state index in [0.29, 0.717) is 11.1 Å². The Morgan fingerprint density at radius 1 is 1.19 bits per heavy atom. The standard InChI is InChI=1S/C11H11Cl2N3/c12-8-4-2-1-3-7(8)5-6-9-10(13)16-11(14)15-9/h1-4H,5-6H2,(H3,14,15,16). The van der Waals surface area contributed by atoms with Crippen LogP contribution < -0.4 is 5.73 Å². The molecule has 3 nitrogen and oxygen atoms in total. The Balaban J connectivity index is 2.08. The van der Waals surface area contributed by atoms with Gasteiger partial charge >= 0.3 is 0 Å². The van der Waals surface area contributed by atoms with Crippen LogP contribution in [0.3, 0.4) is 0 Å². The van der Waals surface area contributed by atoms with Crippen molar-refractivity contribution in [1.82, 2.24) is 9.97 Å². The van der Waals surface area contributed by atoms with E-state index in [0.717, 1.165) is 29.1 Å². The molecule has 0 aliphatic rings. The third kappa shape index (κ3) is 2.49. The van der Waals surface area contributed by atoms with E-state index in [2.05, 4.69) is 9.97 Å². The van der Waals surface area contributed by atoms with E-state index < -0.39 is 0 Å². The summed E-state index contributed by atoms with van der Waals surface area (Å²) in [7, 11) is 0. The number of aromatic nitrogens is 2. The first kappa shape index (κ1) is 11.3. The summed E-state index contributed by atoms with van der Waals surface area (Å²) in [6.07, 6.45) is 1.55. The molecule has 0 saturated heterocycles. The van der Waals surface area contributed by atoms with Gasteiger partial charge in [0, 0.05) is 5.02 Å². The van der Waals surface area contributed by atoms with E-state index >= 15 is 0 Å². The van der Waals surface area contributed by atoms with Crippen molar-refractivity contribution >= 4 is 29.2 Å². The van der Waals surface area contributed by atoms with Gasteiger partial charge in [-0.05, 0) is 24.5 Å². The summed E-state index contributed by atoms with van der Waals surface area (Å²) in [5.74, 6) is 0.346. The van der Waals surface area contributed by atoms with E-state index in [1.807, 2.05) is 24.3 Å². The van der Waals surface area contributed by atoms with Gasteiger partial charge in [0.2, 0.25) is 0 Å². The van der Waals surface area contributed by atoms with Gasteiger partial charge in [-0.2, -0.15) is 0 Å². The lowest BCUT2D eigenvalue weighted by Gasteiger charge is -2.02. The van der Waals surface area contributed by atoms with Crippen LogP contribution in [-0.2, 0) is 12.8 Å². The molecule has 0 amide bonds. The van der Waals surface area contributed by atoms with Crippen LogP contribution in [0.2, 0.25) is 10.2 Å². The zero-order valence-corrected chi connectivity index (χ0v) is 10.0. The predicted octanol–water partition coefficient (Wildman–Crippen LogP) is 3.08. The minimum atomic E-state index is 0.346. The molecular weight excluding hydrogens is 245 g/mol. The highest BCUT2D eigenvalue weighted by Crippen LogP contribution is 2.20. The molecule has 0 saturated carbocycles. The fourth-order valence-corrected chi connectivity index (χ4v) is 2.00. The Bertz CT molecular complexity index is 494. The van der Waals surface area contributed by atoms with Crippen LogP contribution in [0.25, 0.3) is 0 Å². The number of nitrogens with one attached hydrogen (secondary N) is 1. The van der Waals surface area contributed by atoms with Crippen LogP contribution in [0, 0.1) is 0 Å². The third-order valence-corrected chi connectivity index (χ3v) is 3.03. The maximum absolute atomic E-state index is 6.05. The van der Waals surface area contributed by atoms with Gasteiger partial charge in [-0.25, -0.2) is 4.98 Å². The molecule has 0 fully saturated rings. The molecule has 0 radical (unpaired) electrons. The van der Waals surface area contributed by atoms with Gasteiger partial charge in [0.15, 0.2) is 11.1 Å². The van der Waals surface area contributed by atoms with Crippen molar-refractivity contribution in [2.45, 2.75) is 12.8 Å². The zero-order valence-electron chi connectivity index (χ0n) is 8.50. The van der Waals surface area contributed by atoms with E-state index in [4.69, 9.17) is 28.9 Å². The van der Waals surface area contributed by atoms with E-state index in [9.17, 15) is 0 Å². The summed E-state index contributed by atoms with van der Waals surface area (Å²) in [4.78, 5) is 6.83. The number of imidazole rings is 1. The highest BCUT2D eigenvalue weighted by atomic mass is 35.5. The normalized spacial score (nSPS) is 10.6. The molecule has 5 heteroatoms. The number of halogens is 2. The number of H-pyrrole nitrogens is 1. The molecule has 16 heavy (non-hydrogen) atoms. The molecule has 0 aliphatic heterocycles. The van der Waals surface area contributed by atoms with Gasteiger partial charge in [-0.1, -0.05) is 41.4 Å². The topological polar surface area (TPSA) is 54.7 Å². The largest absolute Gasteiger partial charge is 0.369 e. The number of rotatable bonds is 3. The van der Waals surface area contributed by atoms with Crippen molar-refractivity contribution in [3.05, 3.63) is 45.7 Å². The molecule has 84 valence electrons. The molecule has 0 bridgehead atoms. The lowest BCUT2D eigenvalue weighted by atomic mass is 10.1. The summed E-state index contributed by atoms with van der Waals surface area (Å²) in [6, 6.07) is 7.74. The molecule has 0 spiro atoms. The summed E-state index contributed by atoms with van der Waals surface area (Å²) in [5, 5.41) is 1.20. The van der Waals surface area contributed by atoms with Crippen molar-refractivity contribution < 1.29 is 0 Å². The number of nitrogens with two attached hydrogens (primary N) is 1. The molecule has 3 N–H and O–H groups in total. The van der Waals surface area contributed by atoms with Crippen LogP contribution in [0.4, 0.5) is 5.95 Å². The Morgan fingerprint density at radius 3 is 2.56 bits per heavy atom. The fraction of sp³-hybridized carbons (Fsp3) is 0.182. The van der Waals surface area contributed by atoms with Gasteiger partial charge in [-0.3, -0.25) is 0 Å². The monoisotopic (exact) mass is 255 g/mol. The molecular formula is C11H11Cl2N3. The van der Waals surface area contributed by atoms with Gasteiger partial charge < -0.3 is 10.7 Å². The number of benzene rings is 1. The smallest absolute Gasteiger partial charge is 0.199 e. The minimum absolute atomic E-state index is 0.346. The quantitative estimate of drug-likeness (QED) is 0.886. The average molecular weight is 256 g/mol. The molecule has 2 rings (SSSR count). The molecule has 1 heterocycles. The molecule has 0 atom stereocenters. The second-order valence-electron chi connectivity index (χ2n) is 3.48. The van der Waals surface area contributed by atoms with Crippen molar-refractivity contribution in [2.24, 2.45) is 0 Å². The van der Waals surface area contributed by atoms with Crippen molar-refractivity contribution in [2.75, 3.05) is 5.73 Å². The summed E-state index contributed by atoms with van der Waals surface area (Å²) in [5.41, 5.74) is 7.44. The van der Waals surface area contributed by atoms with Gasteiger partial charge in [0.05, 0.1) is 5.69 Å². The number of hydrogen-bond donors (Lipinski definition) is 2. The molecule has 2 aromatic rings. The van der Waals surface area contributed by atoms with Gasteiger partial charge in [-0.15, -0.1) is 0 Å². The summed E-state index contributed by atoms with van der Waals surface area (Å²) < 4.78 is 0. The number of nitrogens with zero attached hydrogens (tertiary/aromatic N) is 1. The van der Waals surface area contributed by atoms with Crippen molar-refractivity contribution in [3.8, 4) is 0 Å².